The molecule has 2 aromatic rings. The lowest BCUT2D eigenvalue weighted by molar-refractivity contribution is 0.0527. The molecule has 0 bridgehead atoms. The third-order valence-corrected chi connectivity index (χ3v) is 4.33. The summed E-state index contributed by atoms with van der Waals surface area (Å²) in [5, 5.41) is 2.91. The van der Waals surface area contributed by atoms with Crippen molar-refractivity contribution in [3.8, 4) is 0 Å². The van der Waals surface area contributed by atoms with Crippen LogP contribution in [0.15, 0.2) is 54.6 Å². The minimum atomic E-state index is -0.313. The van der Waals surface area contributed by atoms with E-state index in [1.165, 1.54) is 0 Å². The summed E-state index contributed by atoms with van der Waals surface area (Å²) in [6, 6.07) is 16.8. The highest BCUT2D eigenvalue weighted by Crippen LogP contribution is 2.23. The molecule has 0 aliphatic carbocycles. The lowest BCUT2D eigenvalue weighted by atomic mass is 10.1. The van der Waals surface area contributed by atoms with Crippen LogP contribution in [0.5, 0.6) is 0 Å². The van der Waals surface area contributed by atoms with Crippen molar-refractivity contribution in [3.05, 3.63) is 60.2 Å². The number of esters is 1. The molecule has 2 aromatic carbocycles. The summed E-state index contributed by atoms with van der Waals surface area (Å²) in [5.41, 5.74) is 2.21. The van der Waals surface area contributed by atoms with Gasteiger partial charge in [-0.15, -0.1) is 0 Å². The number of hydrogen-bond acceptors (Lipinski definition) is 4. The van der Waals surface area contributed by atoms with Gasteiger partial charge in [-0.05, 0) is 31.2 Å². The molecule has 1 heterocycles. The molecule has 1 aliphatic rings. The monoisotopic (exact) mass is 353 g/mol. The van der Waals surface area contributed by atoms with Crippen LogP contribution in [0.4, 0.5) is 16.2 Å². The molecule has 0 atom stereocenters. The Hall–Kier alpha value is -3.02. The van der Waals surface area contributed by atoms with E-state index < -0.39 is 0 Å². The summed E-state index contributed by atoms with van der Waals surface area (Å²) in [4.78, 5) is 28.5. The van der Waals surface area contributed by atoms with E-state index in [2.05, 4.69) is 10.2 Å². The van der Waals surface area contributed by atoms with Crippen LogP contribution >= 0.6 is 0 Å². The number of hydrogen-bond donors (Lipinski definition) is 1. The number of rotatable bonds is 4. The van der Waals surface area contributed by atoms with Crippen molar-refractivity contribution in [3.63, 3.8) is 0 Å². The number of urea groups is 1. The first-order valence-corrected chi connectivity index (χ1v) is 8.81. The molecule has 0 radical (unpaired) electrons. The van der Waals surface area contributed by atoms with Crippen molar-refractivity contribution in [1.29, 1.82) is 0 Å². The van der Waals surface area contributed by atoms with Crippen LogP contribution in [0.3, 0.4) is 0 Å². The average molecular weight is 353 g/mol. The molecule has 1 fully saturated rings. The predicted octanol–water partition coefficient (Wildman–Crippen LogP) is 3.22. The van der Waals surface area contributed by atoms with Crippen molar-refractivity contribution in [2.75, 3.05) is 43.0 Å². The lowest BCUT2D eigenvalue weighted by Crippen LogP contribution is -2.50. The van der Waals surface area contributed by atoms with Gasteiger partial charge < -0.3 is 19.9 Å². The van der Waals surface area contributed by atoms with E-state index in [-0.39, 0.29) is 12.0 Å². The molecule has 0 unspecified atom stereocenters. The Morgan fingerprint density at radius 3 is 2.31 bits per heavy atom. The second-order valence-electron chi connectivity index (χ2n) is 6.01. The fourth-order valence-electron chi connectivity index (χ4n) is 3.01. The third-order valence-electron chi connectivity index (χ3n) is 4.33. The van der Waals surface area contributed by atoms with Crippen molar-refractivity contribution >= 4 is 23.4 Å². The molecule has 0 spiro atoms. The number of anilines is 2. The first kappa shape index (κ1) is 17.8. The Morgan fingerprint density at radius 1 is 0.962 bits per heavy atom. The summed E-state index contributed by atoms with van der Waals surface area (Å²) in [5.74, 6) is -0.313. The molecule has 2 amide bonds. The quantitative estimate of drug-likeness (QED) is 0.858. The number of carbonyl (C=O) groups is 2. The molecule has 6 nitrogen and oxygen atoms in total. The number of nitrogens with one attached hydrogen (secondary N) is 1. The molecule has 136 valence electrons. The number of amides is 2. The number of para-hydroxylation sites is 2. The lowest BCUT2D eigenvalue weighted by Gasteiger charge is -2.36. The van der Waals surface area contributed by atoms with Crippen LogP contribution < -0.4 is 10.2 Å². The largest absolute Gasteiger partial charge is 0.462 e. The fraction of sp³-hybridized carbons (Fsp3) is 0.300. The molecule has 1 saturated heterocycles. The maximum absolute atomic E-state index is 12.4. The van der Waals surface area contributed by atoms with Crippen LogP contribution in [0.25, 0.3) is 0 Å². The topological polar surface area (TPSA) is 61.9 Å². The zero-order valence-corrected chi connectivity index (χ0v) is 14.9. The number of benzene rings is 2. The standard InChI is InChI=1S/C20H23N3O3/c1-2-26-19(24)17-10-6-7-11-18(17)22-12-14-23(15-13-22)20(25)21-16-8-4-3-5-9-16/h3-11H,2,12-15H2,1H3,(H,21,25). The first-order valence-electron chi connectivity index (χ1n) is 8.81. The van der Waals surface area contributed by atoms with Gasteiger partial charge in [-0.1, -0.05) is 30.3 Å². The smallest absolute Gasteiger partial charge is 0.340 e. The fourth-order valence-corrected chi connectivity index (χ4v) is 3.01. The van der Waals surface area contributed by atoms with E-state index in [4.69, 9.17) is 4.74 Å². The second kappa shape index (κ2) is 8.38. The zero-order valence-electron chi connectivity index (χ0n) is 14.9. The van der Waals surface area contributed by atoms with Crippen LogP contribution in [-0.4, -0.2) is 49.7 Å². The van der Waals surface area contributed by atoms with Crippen LogP contribution in [0, 0.1) is 0 Å². The molecular formula is C20H23N3O3. The molecule has 0 aromatic heterocycles. The maximum Gasteiger partial charge on any atom is 0.340 e. The van der Waals surface area contributed by atoms with Gasteiger partial charge in [-0.25, -0.2) is 9.59 Å². The van der Waals surface area contributed by atoms with Crippen molar-refractivity contribution in [2.24, 2.45) is 0 Å². The highest BCUT2D eigenvalue weighted by Gasteiger charge is 2.24. The van der Waals surface area contributed by atoms with Gasteiger partial charge in [0.25, 0.3) is 0 Å². The predicted molar refractivity (Wildman–Crippen MR) is 102 cm³/mol. The van der Waals surface area contributed by atoms with Crippen molar-refractivity contribution in [2.45, 2.75) is 6.92 Å². The van der Waals surface area contributed by atoms with Gasteiger partial charge in [0.1, 0.15) is 0 Å². The van der Waals surface area contributed by atoms with Crippen molar-refractivity contribution in [1.82, 2.24) is 4.90 Å². The van der Waals surface area contributed by atoms with Gasteiger partial charge in [0.05, 0.1) is 17.9 Å². The first-order chi connectivity index (χ1) is 12.7. The Morgan fingerprint density at radius 2 is 1.62 bits per heavy atom. The minimum Gasteiger partial charge on any atom is -0.462 e. The molecule has 1 N–H and O–H groups in total. The second-order valence-corrected chi connectivity index (χ2v) is 6.01. The Bertz CT molecular complexity index is 756. The highest BCUT2D eigenvalue weighted by molar-refractivity contribution is 5.96. The summed E-state index contributed by atoms with van der Waals surface area (Å²) in [6.07, 6.45) is 0. The summed E-state index contributed by atoms with van der Waals surface area (Å²) in [7, 11) is 0. The highest BCUT2D eigenvalue weighted by atomic mass is 16.5. The maximum atomic E-state index is 12.4. The van der Waals surface area contributed by atoms with Gasteiger partial charge in [-0.3, -0.25) is 0 Å². The third kappa shape index (κ3) is 4.14. The number of piperazine rings is 1. The van der Waals surface area contributed by atoms with E-state index in [1.807, 2.05) is 48.5 Å². The molecular weight excluding hydrogens is 330 g/mol. The number of carbonyl (C=O) groups excluding carboxylic acids is 2. The van der Waals surface area contributed by atoms with Gasteiger partial charge in [0.2, 0.25) is 0 Å². The molecule has 6 heteroatoms. The minimum absolute atomic E-state index is 0.102. The summed E-state index contributed by atoms with van der Waals surface area (Å²) in [6.45, 7) is 4.66. The normalized spacial score (nSPS) is 14.0. The Balaban J connectivity index is 1.62. The van der Waals surface area contributed by atoms with Gasteiger partial charge in [0.15, 0.2) is 0 Å². The van der Waals surface area contributed by atoms with Gasteiger partial charge in [-0.2, -0.15) is 0 Å². The Kier molecular flexibility index (Phi) is 5.73. The van der Waals surface area contributed by atoms with Crippen LogP contribution in [0.2, 0.25) is 0 Å². The Labute approximate surface area is 153 Å². The van der Waals surface area contributed by atoms with Crippen LogP contribution in [0.1, 0.15) is 17.3 Å². The molecule has 3 rings (SSSR count). The average Bonchev–Trinajstić information content (AvgIpc) is 2.69. The van der Waals surface area contributed by atoms with Gasteiger partial charge in [0, 0.05) is 31.9 Å². The number of ether oxygens (including phenoxy) is 1. The van der Waals surface area contributed by atoms with Crippen LogP contribution in [-0.2, 0) is 4.74 Å². The van der Waals surface area contributed by atoms with E-state index in [1.54, 1.807) is 17.9 Å². The summed E-state index contributed by atoms with van der Waals surface area (Å²) >= 11 is 0. The van der Waals surface area contributed by atoms with E-state index >= 15 is 0 Å². The van der Waals surface area contributed by atoms with E-state index in [0.29, 0.717) is 38.3 Å². The SMILES string of the molecule is CCOC(=O)c1ccccc1N1CCN(C(=O)Nc2ccccc2)CC1. The molecule has 26 heavy (non-hydrogen) atoms. The zero-order chi connectivity index (χ0) is 18.4. The summed E-state index contributed by atoms with van der Waals surface area (Å²) < 4.78 is 5.15. The van der Waals surface area contributed by atoms with E-state index in [0.717, 1.165) is 11.4 Å². The van der Waals surface area contributed by atoms with Crippen molar-refractivity contribution < 1.29 is 14.3 Å². The van der Waals surface area contributed by atoms with E-state index in [9.17, 15) is 9.59 Å². The molecule has 1 aliphatic heterocycles. The molecule has 0 saturated carbocycles. The van der Waals surface area contributed by atoms with Gasteiger partial charge >= 0.3 is 12.0 Å². The number of nitrogens with zero attached hydrogens (tertiary/aromatic N) is 2.